The fourth-order valence-electron chi connectivity index (χ4n) is 2.30. The minimum absolute atomic E-state index is 0.0202. The van der Waals surface area contributed by atoms with Crippen LogP contribution in [0.1, 0.15) is 33.3 Å². The van der Waals surface area contributed by atoms with Crippen LogP contribution in [0.3, 0.4) is 0 Å². The highest BCUT2D eigenvalue weighted by molar-refractivity contribution is 5.89. The van der Waals surface area contributed by atoms with E-state index in [1.165, 1.54) is 36.4 Å². The second-order valence-electron chi connectivity index (χ2n) is 5.78. The van der Waals surface area contributed by atoms with Crippen LogP contribution in [0.5, 0.6) is 0 Å². The number of carbonyl (C=O) groups excluding carboxylic acids is 2. The van der Waals surface area contributed by atoms with Crippen molar-refractivity contribution < 1.29 is 19.2 Å². The molecule has 0 aliphatic heterocycles. The lowest BCUT2D eigenvalue weighted by Gasteiger charge is -2.30. The van der Waals surface area contributed by atoms with Crippen molar-refractivity contribution in [2.75, 3.05) is 6.61 Å². The fraction of sp³-hybridized carbons (Fsp3) is 0.412. The van der Waals surface area contributed by atoms with Gasteiger partial charge in [0.25, 0.3) is 11.6 Å². The van der Waals surface area contributed by atoms with E-state index in [1.807, 2.05) is 27.7 Å². The minimum atomic E-state index is -0.644. The summed E-state index contributed by atoms with van der Waals surface area (Å²) in [4.78, 5) is 35.4. The summed E-state index contributed by atoms with van der Waals surface area (Å²) < 4.78 is 4.94. The molecule has 0 heterocycles. The number of nitrogens with zero attached hydrogens (tertiary/aromatic N) is 2. The predicted octanol–water partition coefficient (Wildman–Crippen LogP) is 2.80. The lowest BCUT2D eigenvalue weighted by molar-refractivity contribution is -0.384. The largest absolute Gasteiger partial charge is 0.452 e. The molecule has 7 heteroatoms. The lowest BCUT2D eigenvalue weighted by Crippen LogP contribution is -2.44. The van der Waals surface area contributed by atoms with Crippen LogP contribution >= 0.6 is 0 Å². The first-order valence-electron chi connectivity index (χ1n) is 7.62. The van der Waals surface area contributed by atoms with E-state index in [4.69, 9.17) is 4.74 Å². The smallest absolute Gasteiger partial charge is 0.331 e. The normalized spacial score (nSPS) is 11.1. The Morgan fingerprint density at radius 1 is 1.17 bits per heavy atom. The zero-order valence-electron chi connectivity index (χ0n) is 14.3. The summed E-state index contributed by atoms with van der Waals surface area (Å²) in [6, 6.07) is 5.77. The Bertz CT molecular complexity index is 612. The van der Waals surface area contributed by atoms with Crippen molar-refractivity contribution in [3.63, 3.8) is 0 Å². The van der Waals surface area contributed by atoms with Gasteiger partial charge in [-0.25, -0.2) is 4.79 Å². The van der Waals surface area contributed by atoms with Crippen molar-refractivity contribution in [3.05, 3.63) is 46.0 Å². The Morgan fingerprint density at radius 2 is 1.71 bits per heavy atom. The van der Waals surface area contributed by atoms with Crippen LogP contribution in [0.4, 0.5) is 5.69 Å². The molecule has 0 saturated heterocycles. The SMILES string of the molecule is CC(C)N(C(=O)COC(=O)C=Cc1ccc([N+](=O)[O-])cc1)C(C)C. The van der Waals surface area contributed by atoms with Crippen LogP contribution in [-0.2, 0) is 14.3 Å². The number of rotatable bonds is 7. The van der Waals surface area contributed by atoms with Gasteiger partial charge in [-0.1, -0.05) is 0 Å². The van der Waals surface area contributed by atoms with E-state index < -0.39 is 10.9 Å². The van der Waals surface area contributed by atoms with E-state index >= 15 is 0 Å². The summed E-state index contributed by atoms with van der Waals surface area (Å²) in [5.74, 6) is -0.897. The number of nitro benzene ring substituents is 1. The van der Waals surface area contributed by atoms with Gasteiger partial charge in [0.15, 0.2) is 6.61 Å². The standard InChI is InChI=1S/C17H22N2O5/c1-12(2)18(13(3)4)16(20)11-24-17(21)10-7-14-5-8-15(9-6-14)19(22)23/h5-10,12-13H,11H2,1-4H3. The van der Waals surface area contributed by atoms with Crippen molar-refractivity contribution in [2.24, 2.45) is 0 Å². The molecule has 7 nitrogen and oxygen atoms in total. The molecule has 0 unspecified atom stereocenters. The molecule has 130 valence electrons. The first-order chi connectivity index (χ1) is 11.2. The Hall–Kier alpha value is -2.70. The molecule has 0 saturated carbocycles. The van der Waals surface area contributed by atoms with Gasteiger partial charge in [-0.2, -0.15) is 0 Å². The molecule has 1 aromatic rings. The summed E-state index contributed by atoms with van der Waals surface area (Å²) >= 11 is 0. The quantitative estimate of drug-likeness (QED) is 0.331. The average molecular weight is 334 g/mol. The molecule has 0 spiro atoms. The van der Waals surface area contributed by atoms with Gasteiger partial charge in [0.2, 0.25) is 0 Å². The van der Waals surface area contributed by atoms with Crippen LogP contribution in [0.2, 0.25) is 0 Å². The van der Waals surface area contributed by atoms with E-state index in [9.17, 15) is 19.7 Å². The van der Waals surface area contributed by atoms with Crippen LogP contribution in [0.15, 0.2) is 30.3 Å². The highest BCUT2D eigenvalue weighted by atomic mass is 16.6. The summed E-state index contributed by atoms with van der Waals surface area (Å²) in [5.41, 5.74) is 0.595. The first kappa shape index (κ1) is 19.3. The van der Waals surface area contributed by atoms with E-state index in [-0.39, 0.29) is 30.3 Å². The molecule has 0 radical (unpaired) electrons. The molecular formula is C17H22N2O5. The summed E-state index contributed by atoms with van der Waals surface area (Å²) in [5, 5.41) is 10.6. The topological polar surface area (TPSA) is 89.8 Å². The number of ether oxygens (including phenoxy) is 1. The van der Waals surface area contributed by atoms with Gasteiger partial charge in [0.1, 0.15) is 0 Å². The van der Waals surface area contributed by atoms with E-state index in [1.54, 1.807) is 4.90 Å². The summed E-state index contributed by atoms with van der Waals surface area (Å²) in [7, 11) is 0. The molecule has 1 amide bonds. The average Bonchev–Trinajstić information content (AvgIpc) is 2.50. The van der Waals surface area contributed by atoms with Crippen LogP contribution in [0.25, 0.3) is 6.08 Å². The summed E-state index contributed by atoms with van der Waals surface area (Å²) in [6.45, 7) is 7.27. The maximum Gasteiger partial charge on any atom is 0.331 e. The monoisotopic (exact) mass is 334 g/mol. The van der Waals surface area contributed by atoms with Gasteiger partial charge < -0.3 is 9.64 Å². The number of nitro groups is 1. The predicted molar refractivity (Wildman–Crippen MR) is 90.2 cm³/mol. The Labute approximate surface area is 141 Å². The Kier molecular flexibility index (Phi) is 7.10. The molecule has 24 heavy (non-hydrogen) atoms. The van der Waals surface area contributed by atoms with Crippen LogP contribution < -0.4 is 0 Å². The number of benzene rings is 1. The molecule has 0 aromatic heterocycles. The number of amides is 1. The highest BCUT2D eigenvalue weighted by Gasteiger charge is 2.20. The van der Waals surface area contributed by atoms with Crippen molar-refractivity contribution in [3.8, 4) is 0 Å². The van der Waals surface area contributed by atoms with Crippen molar-refractivity contribution in [1.82, 2.24) is 4.90 Å². The zero-order chi connectivity index (χ0) is 18.3. The number of non-ortho nitro benzene ring substituents is 1. The molecular weight excluding hydrogens is 312 g/mol. The third-order valence-corrected chi connectivity index (χ3v) is 3.25. The number of hydrogen-bond acceptors (Lipinski definition) is 5. The van der Waals surface area contributed by atoms with E-state index in [0.29, 0.717) is 5.56 Å². The summed E-state index contributed by atoms with van der Waals surface area (Å²) in [6.07, 6.45) is 2.66. The van der Waals surface area contributed by atoms with Gasteiger partial charge >= 0.3 is 5.97 Å². The van der Waals surface area contributed by atoms with Crippen molar-refractivity contribution in [1.29, 1.82) is 0 Å². The molecule has 1 rings (SSSR count). The van der Waals surface area contributed by atoms with Crippen LogP contribution in [0, 0.1) is 10.1 Å². The Balaban J connectivity index is 2.56. The van der Waals surface area contributed by atoms with Gasteiger partial charge in [0.05, 0.1) is 4.92 Å². The first-order valence-corrected chi connectivity index (χ1v) is 7.62. The second kappa shape index (κ2) is 8.81. The molecule has 0 N–H and O–H groups in total. The molecule has 0 aliphatic rings. The molecule has 1 aromatic carbocycles. The maximum atomic E-state index is 12.1. The third kappa shape index (κ3) is 5.83. The van der Waals surface area contributed by atoms with Gasteiger partial charge in [-0.3, -0.25) is 14.9 Å². The van der Waals surface area contributed by atoms with Crippen molar-refractivity contribution >= 4 is 23.6 Å². The highest BCUT2D eigenvalue weighted by Crippen LogP contribution is 2.13. The molecule has 0 aliphatic carbocycles. The molecule has 0 atom stereocenters. The Morgan fingerprint density at radius 3 is 2.17 bits per heavy atom. The van der Waals surface area contributed by atoms with E-state index in [0.717, 1.165) is 0 Å². The zero-order valence-corrected chi connectivity index (χ0v) is 14.3. The van der Waals surface area contributed by atoms with Crippen molar-refractivity contribution in [2.45, 2.75) is 39.8 Å². The number of hydrogen-bond donors (Lipinski definition) is 0. The van der Waals surface area contributed by atoms with Gasteiger partial charge in [-0.15, -0.1) is 0 Å². The number of esters is 1. The third-order valence-electron chi connectivity index (χ3n) is 3.25. The number of carbonyl (C=O) groups is 2. The van der Waals surface area contributed by atoms with Crippen LogP contribution in [-0.4, -0.2) is 40.4 Å². The minimum Gasteiger partial charge on any atom is -0.452 e. The fourth-order valence-corrected chi connectivity index (χ4v) is 2.30. The molecule has 0 bridgehead atoms. The second-order valence-corrected chi connectivity index (χ2v) is 5.78. The lowest BCUT2D eigenvalue weighted by atomic mass is 10.2. The molecule has 0 fully saturated rings. The van der Waals surface area contributed by atoms with Gasteiger partial charge in [-0.05, 0) is 51.5 Å². The van der Waals surface area contributed by atoms with Gasteiger partial charge in [0, 0.05) is 30.3 Å². The van der Waals surface area contributed by atoms with E-state index in [2.05, 4.69) is 0 Å². The maximum absolute atomic E-state index is 12.1.